The monoisotopic (exact) mass is 237 g/mol. The second-order valence-electron chi connectivity index (χ2n) is 3.45. The number of hydrogen-bond acceptors (Lipinski definition) is 4. The summed E-state index contributed by atoms with van der Waals surface area (Å²) in [6, 6.07) is 7.60. The lowest BCUT2D eigenvalue weighted by Crippen LogP contribution is -2.02. The molecule has 84 valence electrons. The van der Waals surface area contributed by atoms with E-state index in [2.05, 4.69) is 10.1 Å². The molecule has 0 spiro atoms. The van der Waals surface area contributed by atoms with Gasteiger partial charge in [-0.3, -0.25) is 0 Å². The molecule has 1 aromatic heterocycles. The molecule has 0 saturated heterocycles. The van der Waals surface area contributed by atoms with Gasteiger partial charge in [0.1, 0.15) is 0 Å². The molecule has 0 aliphatic carbocycles. The second-order valence-corrected chi connectivity index (χ2v) is 3.89. The van der Waals surface area contributed by atoms with Gasteiger partial charge in [-0.25, -0.2) is 0 Å². The lowest BCUT2D eigenvalue weighted by molar-refractivity contribution is 0.375. The Hall–Kier alpha value is -1.39. The summed E-state index contributed by atoms with van der Waals surface area (Å²) >= 11 is 5.89. The fourth-order valence-electron chi connectivity index (χ4n) is 1.42. The molecule has 5 heteroatoms. The minimum absolute atomic E-state index is 0.513. The van der Waals surface area contributed by atoms with Crippen LogP contribution < -0.4 is 5.73 Å². The molecule has 0 unspecified atom stereocenters. The smallest absolute Gasteiger partial charge is 0.227 e. The molecule has 0 radical (unpaired) electrons. The Balaban J connectivity index is 2.08. The third-order valence-electron chi connectivity index (χ3n) is 2.12. The molecule has 0 aliphatic heterocycles. The van der Waals surface area contributed by atoms with E-state index in [1.807, 2.05) is 24.3 Å². The van der Waals surface area contributed by atoms with Crippen molar-refractivity contribution in [2.75, 3.05) is 6.54 Å². The van der Waals surface area contributed by atoms with Gasteiger partial charge in [-0.15, -0.1) is 0 Å². The van der Waals surface area contributed by atoms with E-state index in [9.17, 15) is 0 Å². The van der Waals surface area contributed by atoms with Crippen molar-refractivity contribution in [3.05, 3.63) is 46.6 Å². The summed E-state index contributed by atoms with van der Waals surface area (Å²) in [6.07, 6.45) is 1.23. The fourth-order valence-corrected chi connectivity index (χ4v) is 1.63. The number of aromatic nitrogens is 2. The third-order valence-corrected chi connectivity index (χ3v) is 2.35. The van der Waals surface area contributed by atoms with Crippen molar-refractivity contribution in [2.24, 2.45) is 5.73 Å². The van der Waals surface area contributed by atoms with Crippen molar-refractivity contribution in [2.45, 2.75) is 12.8 Å². The van der Waals surface area contributed by atoms with Gasteiger partial charge in [-0.1, -0.05) is 28.9 Å². The maximum Gasteiger partial charge on any atom is 0.227 e. The maximum atomic E-state index is 5.89. The molecule has 0 fully saturated rings. The van der Waals surface area contributed by atoms with Crippen LogP contribution in [-0.2, 0) is 12.8 Å². The van der Waals surface area contributed by atoms with Crippen molar-refractivity contribution < 1.29 is 4.52 Å². The van der Waals surface area contributed by atoms with Crippen LogP contribution in [0.4, 0.5) is 0 Å². The Labute approximate surface area is 98.4 Å². The zero-order chi connectivity index (χ0) is 11.4. The van der Waals surface area contributed by atoms with Crippen LogP contribution in [0, 0.1) is 0 Å². The summed E-state index contributed by atoms with van der Waals surface area (Å²) in [5, 5.41) is 4.59. The quantitative estimate of drug-likeness (QED) is 0.881. The van der Waals surface area contributed by atoms with Gasteiger partial charge in [0.05, 0.1) is 0 Å². The largest absolute Gasteiger partial charge is 0.339 e. The van der Waals surface area contributed by atoms with E-state index < -0.39 is 0 Å². The highest BCUT2D eigenvalue weighted by atomic mass is 35.5. The molecule has 0 aliphatic rings. The minimum Gasteiger partial charge on any atom is -0.339 e. The lowest BCUT2D eigenvalue weighted by Gasteiger charge is -1.96. The molecule has 0 amide bonds. The number of benzene rings is 1. The van der Waals surface area contributed by atoms with E-state index in [4.69, 9.17) is 21.9 Å². The number of halogens is 1. The Kier molecular flexibility index (Phi) is 3.54. The van der Waals surface area contributed by atoms with E-state index in [1.54, 1.807) is 0 Å². The van der Waals surface area contributed by atoms with E-state index in [1.165, 1.54) is 0 Å². The first-order chi connectivity index (χ1) is 7.78. The zero-order valence-corrected chi connectivity index (χ0v) is 9.44. The molecule has 4 nitrogen and oxygen atoms in total. The first-order valence-electron chi connectivity index (χ1n) is 5.04. The van der Waals surface area contributed by atoms with Crippen LogP contribution in [0.2, 0.25) is 5.02 Å². The third kappa shape index (κ3) is 2.81. The number of hydrogen-bond donors (Lipinski definition) is 1. The maximum absolute atomic E-state index is 5.89. The van der Waals surface area contributed by atoms with Gasteiger partial charge in [0.2, 0.25) is 5.89 Å². The topological polar surface area (TPSA) is 64.9 Å². The average molecular weight is 238 g/mol. The molecule has 0 saturated carbocycles. The SMILES string of the molecule is NCCc1nc(Cc2cccc(Cl)c2)no1. The van der Waals surface area contributed by atoms with Crippen LogP contribution in [0.5, 0.6) is 0 Å². The number of rotatable bonds is 4. The summed E-state index contributed by atoms with van der Waals surface area (Å²) in [4.78, 5) is 4.22. The second kappa shape index (κ2) is 5.09. The number of nitrogens with zero attached hydrogens (tertiary/aromatic N) is 2. The summed E-state index contributed by atoms with van der Waals surface area (Å²) in [5.74, 6) is 1.24. The highest BCUT2D eigenvalue weighted by Crippen LogP contribution is 2.13. The first kappa shape index (κ1) is 11.1. The Bertz CT molecular complexity index is 470. The van der Waals surface area contributed by atoms with Crippen molar-refractivity contribution in [1.29, 1.82) is 0 Å². The van der Waals surface area contributed by atoms with Gasteiger partial charge in [-0.2, -0.15) is 4.98 Å². The van der Waals surface area contributed by atoms with Crippen molar-refractivity contribution in [3.63, 3.8) is 0 Å². The van der Waals surface area contributed by atoms with E-state index >= 15 is 0 Å². The summed E-state index contributed by atoms with van der Waals surface area (Å²) in [6.45, 7) is 0.513. The Morgan fingerprint density at radius 1 is 1.38 bits per heavy atom. The fraction of sp³-hybridized carbons (Fsp3) is 0.273. The van der Waals surface area contributed by atoms with Crippen molar-refractivity contribution in [1.82, 2.24) is 10.1 Å². The normalized spacial score (nSPS) is 10.6. The highest BCUT2D eigenvalue weighted by Gasteiger charge is 2.06. The summed E-state index contributed by atoms with van der Waals surface area (Å²) in [5.41, 5.74) is 6.46. The van der Waals surface area contributed by atoms with Gasteiger partial charge in [0, 0.05) is 24.4 Å². The first-order valence-corrected chi connectivity index (χ1v) is 5.41. The molecule has 0 bridgehead atoms. The summed E-state index contributed by atoms with van der Waals surface area (Å²) in [7, 11) is 0. The van der Waals surface area contributed by atoms with Crippen molar-refractivity contribution in [3.8, 4) is 0 Å². The Morgan fingerprint density at radius 3 is 3.00 bits per heavy atom. The van der Waals surface area contributed by atoms with E-state index in [0.29, 0.717) is 36.1 Å². The van der Waals surface area contributed by atoms with Gasteiger partial charge >= 0.3 is 0 Å². The molecule has 16 heavy (non-hydrogen) atoms. The van der Waals surface area contributed by atoms with E-state index in [0.717, 1.165) is 5.56 Å². The van der Waals surface area contributed by atoms with Crippen LogP contribution in [-0.4, -0.2) is 16.7 Å². The summed E-state index contributed by atoms with van der Waals surface area (Å²) < 4.78 is 5.03. The average Bonchev–Trinajstić information content (AvgIpc) is 2.66. The van der Waals surface area contributed by atoms with E-state index in [-0.39, 0.29) is 0 Å². The van der Waals surface area contributed by atoms with Crippen LogP contribution in [0.15, 0.2) is 28.8 Å². The Morgan fingerprint density at radius 2 is 2.25 bits per heavy atom. The predicted molar refractivity (Wildman–Crippen MR) is 61.3 cm³/mol. The molecule has 1 heterocycles. The predicted octanol–water partition coefficient (Wildman–Crippen LogP) is 1.81. The van der Waals surface area contributed by atoms with Crippen molar-refractivity contribution >= 4 is 11.6 Å². The standard InChI is InChI=1S/C11H12ClN3O/c12-9-3-1-2-8(6-9)7-10-14-11(4-5-13)16-15-10/h1-3,6H,4-5,7,13H2. The van der Waals surface area contributed by atoms with Crippen LogP contribution in [0.3, 0.4) is 0 Å². The molecular formula is C11H12ClN3O. The number of nitrogens with two attached hydrogens (primary N) is 1. The molecule has 2 N–H and O–H groups in total. The minimum atomic E-state index is 0.513. The molecule has 2 rings (SSSR count). The van der Waals surface area contributed by atoms with Gasteiger partial charge < -0.3 is 10.3 Å². The van der Waals surface area contributed by atoms with Crippen LogP contribution in [0.25, 0.3) is 0 Å². The van der Waals surface area contributed by atoms with Crippen LogP contribution >= 0.6 is 11.6 Å². The van der Waals surface area contributed by atoms with Gasteiger partial charge in [0.15, 0.2) is 5.82 Å². The van der Waals surface area contributed by atoms with Crippen LogP contribution in [0.1, 0.15) is 17.3 Å². The zero-order valence-electron chi connectivity index (χ0n) is 8.69. The lowest BCUT2D eigenvalue weighted by atomic mass is 10.1. The molecule has 1 aromatic carbocycles. The molecule has 2 aromatic rings. The molecule has 0 atom stereocenters. The van der Waals surface area contributed by atoms with Gasteiger partial charge in [-0.05, 0) is 17.7 Å². The molecular weight excluding hydrogens is 226 g/mol. The van der Waals surface area contributed by atoms with Gasteiger partial charge in [0.25, 0.3) is 0 Å². The highest BCUT2D eigenvalue weighted by molar-refractivity contribution is 6.30.